The fourth-order valence-electron chi connectivity index (χ4n) is 2.62. The van der Waals surface area contributed by atoms with Crippen molar-refractivity contribution in [3.05, 3.63) is 94.3 Å². The Balaban J connectivity index is 1.59. The van der Waals surface area contributed by atoms with E-state index >= 15 is 0 Å². The van der Waals surface area contributed by atoms with Gasteiger partial charge < -0.3 is 10.6 Å². The van der Waals surface area contributed by atoms with Crippen LogP contribution in [0.2, 0.25) is 5.02 Å². The van der Waals surface area contributed by atoms with Crippen LogP contribution < -0.4 is 10.6 Å². The third-order valence-corrected chi connectivity index (χ3v) is 4.35. The second-order valence-corrected chi connectivity index (χ2v) is 6.80. The van der Waals surface area contributed by atoms with Crippen LogP contribution in [0.3, 0.4) is 0 Å². The summed E-state index contributed by atoms with van der Waals surface area (Å²) in [5, 5.41) is 6.25. The highest BCUT2D eigenvalue weighted by molar-refractivity contribution is 6.30. The molecule has 0 aliphatic rings. The molecule has 28 heavy (non-hydrogen) atoms. The number of anilines is 1. The molecular weight excluding hydrogens is 374 g/mol. The number of carbonyl (C=O) groups excluding carboxylic acids is 2. The van der Waals surface area contributed by atoms with E-state index in [1.165, 1.54) is 0 Å². The van der Waals surface area contributed by atoms with E-state index < -0.39 is 0 Å². The number of amides is 2. The maximum Gasteiger partial charge on any atom is 0.274 e. The van der Waals surface area contributed by atoms with Crippen LogP contribution in [0, 0.1) is 6.92 Å². The fourth-order valence-corrected chi connectivity index (χ4v) is 2.84. The summed E-state index contributed by atoms with van der Waals surface area (Å²) in [5.41, 5.74) is 3.19. The summed E-state index contributed by atoms with van der Waals surface area (Å²) in [6, 6.07) is 19.7. The quantitative estimate of drug-likeness (QED) is 0.657. The molecule has 6 heteroatoms. The van der Waals surface area contributed by atoms with Crippen LogP contribution in [-0.2, 0) is 6.42 Å². The largest absolute Gasteiger partial charge is 0.350 e. The molecule has 3 rings (SSSR count). The number of aryl methyl sites for hydroxylation is 1. The maximum atomic E-state index is 12.4. The Hall–Kier alpha value is -3.18. The molecule has 5 nitrogen and oxygen atoms in total. The molecule has 2 aromatic carbocycles. The van der Waals surface area contributed by atoms with Gasteiger partial charge in [-0.15, -0.1) is 0 Å². The molecule has 0 bridgehead atoms. The Kier molecular flexibility index (Phi) is 6.40. The second-order valence-electron chi connectivity index (χ2n) is 6.36. The number of carbonyl (C=O) groups is 2. The van der Waals surface area contributed by atoms with Crippen LogP contribution >= 0.6 is 11.6 Å². The van der Waals surface area contributed by atoms with E-state index in [2.05, 4.69) is 15.6 Å². The van der Waals surface area contributed by atoms with E-state index in [-0.39, 0.29) is 23.2 Å². The number of pyridine rings is 1. The first kappa shape index (κ1) is 19.6. The Morgan fingerprint density at radius 3 is 2.32 bits per heavy atom. The summed E-state index contributed by atoms with van der Waals surface area (Å²) in [5.74, 6) is -0.690. The number of halogens is 1. The Labute approximate surface area is 168 Å². The minimum Gasteiger partial charge on any atom is -0.350 e. The summed E-state index contributed by atoms with van der Waals surface area (Å²) in [4.78, 5) is 28.9. The number of hydrogen-bond acceptors (Lipinski definition) is 3. The van der Waals surface area contributed by atoms with E-state index in [1.54, 1.807) is 24.3 Å². The standard InChI is InChI=1S/C22H20ClN3O2/c1-15-8-10-18(11-9-15)25-22(28)20-7-3-6-19(26-20)21(27)24-13-12-16-4-2-5-17(23)14-16/h2-11,14H,12-13H2,1H3,(H,24,27)(H,25,28). The Morgan fingerprint density at radius 2 is 1.61 bits per heavy atom. The summed E-state index contributed by atoms with van der Waals surface area (Å²) >= 11 is 5.96. The van der Waals surface area contributed by atoms with Crippen molar-refractivity contribution in [2.45, 2.75) is 13.3 Å². The molecule has 0 saturated carbocycles. The van der Waals surface area contributed by atoms with Gasteiger partial charge >= 0.3 is 0 Å². The van der Waals surface area contributed by atoms with E-state index in [1.807, 2.05) is 49.4 Å². The molecule has 0 fully saturated rings. The monoisotopic (exact) mass is 393 g/mol. The van der Waals surface area contributed by atoms with Gasteiger partial charge in [-0.1, -0.05) is 47.5 Å². The van der Waals surface area contributed by atoms with Crippen molar-refractivity contribution < 1.29 is 9.59 Å². The molecule has 2 N–H and O–H groups in total. The first-order valence-corrected chi connectivity index (χ1v) is 9.27. The molecule has 142 valence electrons. The molecule has 0 aliphatic heterocycles. The Morgan fingerprint density at radius 1 is 0.929 bits per heavy atom. The van der Waals surface area contributed by atoms with E-state index in [9.17, 15) is 9.59 Å². The van der Waals surface area contributed by atoms with Gasteiger partial charge in [-0.05, 0) is 55.3 Å². The molecule has 1 heterocycles. The third kappa shape index (κ3) is 5.41. The molecule has 0 atom stereocenters. The van der Waals surface area contributed by atoms with Crippen molar-refractivity contribution >= 4 is 29.1 Å². The number of rotatable bonds is 6. The van der Waals surface area contributed by atoms with Gasteiger partial charge in [0, 0.05) is 17.3 Å². The number of nitrogens with one attached hydrogen (secondary N) is 2. The number of nitrogens with zero attached hydrogens (tertiary/aromatic N) is 1. The SMILES string of the molecule is Cc1ccc(NC(=O)c2cccc(C(=O)NCCc3cccc(Cl)c3)n2)cc1. The first-order chi connectivity index (χ1) is 13.5. The topological polar surface area (TPSA) is 71.1 Å². The van der Waals surface area contributed by atoms with E-state index in [0.29, 0.717) is 23.7 Å². The van der Waals surface area contributed by atoms with Crippen molar-refractivity contribution in [3.8, 4) is 0 Å². The zero-order valence-electron chi connectivity index (χ0n) is 15.4. The average Bonchev–Trinajstić information content (AvgIpc) is 2.70. The van der Waals surface area contributed by atoms with Crippen LogP contribution in [0.25, 0.3) is 0 Å². The zero-order valence-corrected chi connectivity index (χ0v) is 16.2. The van der Waals surface area contributed by atoms with Crippen molar-refractivity contribution in [2.75, 3.05) is 11.9 Å². The predicted octanol–water partition coefficient (Wildman–Crippen LogP) is 4.27. The highest BCUT2D eigenvalue weighted by Gasteiger charge is 2.12. The summed E-state index contributed by atoms with van der Waals surface area (Å²) in [6.45, 7) is 2.42. The average molecular weight is 394 g/mol. The van der Waals surface area contributed by atoms with Crippen LogP contribution in [0.15, 0.2) is 66.7 Å². The lowest BCUT2D eigenvalue weighted by Crippen LogP contribution is -2.27. The van der Waals surface area contributed by atoms with Gasteiger partial charge in [0.05, 0.1) is 0 Å². The molecule has 0 aliphatic carbocycles. The first-order valence-electron chi connectivity index (χ1n) is 8.89. The summed E-state index contributed by atoms with van der Waals surface area (Å²) in [6.07, 6.45) is 0.653. The van der Waals surface area contributed by atoms with Gasteiger partial charge in [-0.25, -0.2) is 4.98 Å². The highest BCUT2D eigenvalue weighted by Crippen LogP contribution is 2.12. The molecule has 1 aromatic heterocycles. The van der Waals surface area contributed by atoms with Gasteiger partial charge in [0.2, 0.25) is 0 Å². The fraction of sp³-hybridized carbons (Fsp3) is 0.136. The molecule has 2 amide bonds. The summed E-state index contributed by atoms with van der Waals surface area (Å²) < 4.78 is 0. The van der Waals surface area contributed by atoms with Gasteiger partial charge in [0.1, 0.15) is 11.4 Å². The molecule has 0 spiro atoms. The van der Waals surface area contributed by atoms with E-state index in [0.717, 1.165) is 11.1 Å². The lowest BCUT2D eigenvalue weighted by atomic mass is 10.1. The van der Waals surface area contributed by atoms with Crippen LogP contribution in [0.4, 0.5) is 5.69 Å². The van der Waals surface area contributed by atoms with Crippen molar-refractivity contribution in [1.82, 2.24) is 10.3 Å². The molecule has 0 radical (unpaired) electrons. The lowest BCUT2D eigenvalue weighted by Gasteiger charge is -2.08. The van der Waals surface area contributed by atoms with Crippen LogP contribution in [0.1, 0.15) is 32.1 Å². The highest BCUT2D eigenvalue weighted by atomic mass is 35.5. The van der Waals surface area contributed by atoms with Crippen LogP contribution in [-0.4, -0.2) is 23.3 Å². The van der Waals surface area contributed by atoms with Crippen molar-refractivity contribution in [3.63, 3.8) is 0 Å². The van der Waals surface area contributed by atoms with E-state index in [4.69, 9.17) is 11.6 Å². The second kappa shape index (κ2) is 9.15. The Bertz CT molecular complexity index is 987. The number of benzene rings is 2. The predicted molar refractivity (Wildman–Crippen MR) is 111 cm³/mol. The molecular formula is C22H20ClN3O2. The minimum atomic E-state index is -0.363. The number of aromatic nitrogens is 1. The zero-order chi connectivity index (χ0) is 19.9. The molecule has 3 aromatic rings. The smallest absolute Gasteiger partial charge is 0.274 e. The lowest BCUT2D eigenvalue weighted by molar-refractivity contribution is 0.0949. The summed E-state index contributed by atoms with van der Waals surface area (Å²) in [7, 11) is 0. The van der Waals surface area contributed by atoms with Crippen LogP contribution in [0.5, 0.6) is 0 Å². The molecule has 0 unspecified atom stereocenters. The normalized spacial score (nSPS) is 10.4. The van der Waals surface area contributed by atoms with Crippen molar-refractivity contribution in [1.29, 1.82) is 0 Å². The van der Waals surface area contributed by atoms with Crippen molar-refractivity contribution in [2.24, 2.45) is 0 Å². The van der Waals surface area contributed by atoms with Gasteiger partial charge in [0.15, 0.2) is 0 Å². The maximum absolute atomic E-state index is 12.4. The van der Waals surface area contributed by atoms with Gasteiger partial charge in [-0.2, -0.15) is 0 Å². The van der Waals surface area contributed by atoms with Gasteiger partial charge in [-0.3, -0.25) is 9.59 Å². The minimum absolute atomic E-state index is 0.183. The molecule has 0 saturated heterocycles. The van der Waals surface area contributed by atoms with Gasteiger partial charge in [0.25, 0.3) is 11.8 Å². The number of hydrogen-bond donors (Lipinski definition) is 2. The third-order valence-electron chi connectivity index (χ3n) is 4.11.